The van der Waals surface area contributed by atoms with Crippen LogP contribution in [0.1, 0.15) is 26.1 Å². The molecule has 10 heteroatoms. The highest BCUT2D eigenvalue weighted by Crippen LogP contribution is 2.24. The number of primary amides is 1. The van der Waals surface area contributed by atoms with Crippen LogP contribution in [0.4, 0.5) is 14.5 Å². The summed E-state index contributed by atoms with van der Waals surface area (Å²) in [5.41, 5.74) is 4.92. The zero-order valence-corrected chi connectivity index (χ0v) is 15.1. The number of thioether (sulfide) groups is 1. The van der Waals surface area contributed by atoms with Gasteiger partial charge in [0.2, 0.25) is 11.8 Å². The van der Waals surface area contributed by atoms with E-state index in [1.54, 1.807) is 11.5 Å². The lowest BCUT2D eigenvalue weighted by Gasteiger charge is -2.13. The third kappa shape index (κ3) is 5.01. The summed E-state index contributed by atoms with van der Waals surface area (Å²) in [5.74, 6) is -1.70. The van der Waals surface area contributed by atoms with Gasteiger partial charge in [0.05, 0.1) is 10.9 Å². The fraction of sp³-hybridized carbons (Fsp3) is 0.375. The number of hydrogen-bond acceptors (Lipinski definition) is 5. The van der Waals surface area contributed by atoms with Crippen LogP contribution in [0.25, 0.3) is 0 Å². The van der Waals surface area contributed by atoms with E-state index in [-0.39, 0.29) is 12.1 Å². The van der Waals surface area contributed by atoms with Crippen molar-refractivity contribution in [1.82, 2.24) is 14.8 Å². The van der Waals surface area contributed by atoms with Gasteiger partial charge in [-0.05, 0) is 26.0 Å². The normalized spacial score (nSPS) is 12.0. The second-order valence-electron chi connectivity index (χ2n) is 5.48. The molecular formula is C16H19F2N5O2S. The first kappa shape index (κ1) is 19.8. The van der Waals surface area contributed by atoms with Gasteiger partial charge in [-0.1, -0.05) is 11.8 Å². The Bertz CT molecular complexity index is 812. The molecule has 0 saturated carbocycles. The molecule has 0 fully saturated rings. The van der Waals surface area contributed by atoms with Crippen LogP contribution >= 0.6 is 11.8 Å². The number of aromatic nitrogens is 3. The van der Waals surface area contributed by atoms with Crippen LogP contribution in [0.3, 0.4) is 0 Å². The van der Waals surface area contributed by atoms with Gasteiger partial charge in [-0.15, -0.1) is 10.2 Å². The molecule has 2 amide bonds. The molecule has 2 aromatic rings. The molecule has 0 aliphatic heterocycles. The van der Waals surface area contributed by atoms with Crippen molar-refractivity contribution in [1.29, 1.82) is 0 Å². The van der Waals surface area contributed by atoms with Gasteiger partial charge in [0, 0.05) is 25.5 Å². The van der Waals surface area contributed by atoms with Crippen molar-refractivity contribution < 1.29 is 18.4 Å². The molecule has 7 nitrogen and oxygen atoms in total. The third-order valence-corrected chi connectivity index (χ3v) is 4.62. The van der Waals surface area contributed by atoms with Crippen molar-refractivity contribution in [3.05, 3.63) is 35.7 Å². The molecule has 140 valence electrons. The monoisotopic (exact) mass is 383 g/mol. The van der Waals surface area contributed by atoms with Gasteiger partial charge >= 0.3 is 0 Å². The SMILES string of the molecule is CCn1c(CCC(N)=O)nnc1S[C@H](C)C(=O)Nc1cc(F)ccc1F. The minimum Gasteiger partial charge on any atom is -0.370 e. The van der Waals surface area contributed by atoms with Crippen LogP contribution in [0, 0.1) is 11.6 Å². The van der Waals surface area contributed by atoms with Crippen molar-refractivity contribution in [2.24, 2.45) is 5.73 Å². The Morgan fingerprint density at radius 1 is 1.35 bits per heavy atom. The van der Waals surface area contributed by atoms with E-state index in [1.165, 1.54) is 0 Å². The van der Waals surface area contributed by atoms with Crippen molar-refractivity contribution in [2.75, 3.05) is 5.32 Å². The standard InChI is InChI=1S/C16H19F2N5O2S/c1-3-23-14(7-6-13(19)24)21-22-16(23)26-9(2)15(25)20-12-8-10(17)4-5-11(12)18/h4-5,8-9H,3,6-7H2,1-2H3,(H2,19,24)(H,20,25)/t9-/m1/s1. The summed E-state index contributed by atoms with van der Waals surface area (Å²) < 4.78 is 28.6. The fourth-order valence-corrected chi connectivity index (χ4v) is 3.11. The first-order chi connectivity index (χ1) is 12.3. The molecule has 1 heterocycles. The first-order valence-corrected chi connectivity index (χ1v) is 8.82. The number of carbonyl (C=O) groups is 2. The first-order valence-electron chi connectivity index (χ1n) is 7.94. The van der Waals surface area contributed by atoms with Crippen LogP contribution in [0.5, 0.6) is 0 Å². The smallest absolute Gasteiger partial charge is 0.237 e. The van der Waals surface area contributed by atoms with Gasteiger partial charge in [0.25, 0.3) is 0 Å². The van der Waals surface area contributed by atoms with E-state index in [9.17, 15) is 18.4 Å². The minimum atomic E-state index is -0.720. The molecule has 1 aromatic heterocycles. The third-order valence-electron chi connectivity index (χ3n) is 3.54. The van der Waals surface area contributed by atoms with Crippen molar-refractivity contribution in [3.8, 4) is 0 Å². The van der Waals surface area contributed by atoms with Crippen LogP contribution in [-0.2, 0) is 22.6 Å². The number of nitrogens with one attached hydrogen (secondary N) is 1. The predicted molar refractivity (Wildman–Crippen MR) is 93.5 cm³/mol. The molecule has 3 N–H and O–H groups in total. The van der Waals surface area contributed by atoms with Crippen molar-refractivity contribution in [2.45, 2.75) is 43.6 Å². The van der Waals surface area contributed by atoms with Gasteiger partial charge in [0.15, 0.2) is 5.16 Å². The molecule has 26 heavy (non-hydrogen) atoms. The van der Waals surface area contributed by atoms with E-state index in [0.717, 1.165) is 30.0 Å². The second-order valence-corrected chi connectivity index (χ2v) is 6.79. The summed E-state index contributed by atoms with van der Waals surface area (Å²) in [7, 11) is 0. The largest absolute Gasteiger partial charge is 0.370 e. The molecule has 0 spiro atoms. The topological polar surface area (TPSA) is 103 Å². The Kier molecular flexibility index (Phi) is 6.67. The van der Waals surface area contributed by atoms with E-state index >= 15 is 0 Å². The van der Waals surface area contributed by atoms with Crippen LogP contribution in [0.15, 0.2) is 23.4 Å². The number of rotatable bonds is 8. The molecule has 0 radical (unpaired) electrons. The van der Waals surface area contributed by atoms with E-state index in [2.05, 4.69) is 15.5 Å². The number of halogens is 2. The molecule has 0 unspecified atom stereocenters. The zero-order valence-electron chi connectivity index (χ0n) is 14.3. The summed E-state index contributed by atoms with van der Waals surface area (Å²) in [5, 5.41) is 10.3. The number of nitrogens with zero attached hydrogens (tertiary/aromatic N) is 3. The average Bonchev–Trinajstić information content (AvgIpc) is 2.97. The average molecular weight is 383 g/mol. The van der Waals surface area contributed by atoms with Crippen molar-refractivity contribution in [3.63, 3.8) is 0 Å². The minimum absolute atomic E-state index is 0.150. The summed E-state index contributed by atoms with van der Waals surface area (Å²) >= 11 is 1.13. The molecule has 2 rings (SSSR count). The van der Waals surface area contributed by atoms with E-state index in [0.29, 0.717) is 23.9 Å². The second kappa shape index (κ2) is 8.75. The Hall–Kier alpha value is -2.49. The lowest BCUT2D eigenvalue weighted by Crippen LogP contribution is -2.23. The number of aryl methyl sites for hydroxylation is 1. The Morgan fingerprint density at radius 3 is 2.73 bits per heavy atom. The van der Waals surface area contributed by atoms with Gasteiger partial charge < -0.3 is 15.6 Å². The molecule has 0 aliphatic carbocycles. The molecule has 1 aromatic carbocycles. The quantitative estimate of drug-likeness (QED) is 0.680. The van der Waals surface area contributed by atoms with Gasteiger partial charge in [-0.2, -0.15) is 0 Å². The summed E-state index contributed by atoms with van der Waals surface area (Å²) in [6.07, 6.45) is 0.503. The van der Waals surface area contributed by atoms with Crippen LogP contribution in [-0.4, -0.2) is 31.8 Å². The Balaban J connectivity index is 2.06. The van der Waals surface area contributed by atoms with E-state index < -0.39 is 28.7 Å². The molecule has 1 atom stereocenters. The Labute approximate surface area is 153 Å². The summed E-state index contributed by atoms with van der Waals surface area (Å²) in [6.45, 7) is 4.05. The number of nitrogens with two attached hydrogens (primary N) is 1. The molecule has 0 bridgehead atoms. The zero-order chi connectivity index (χ0) is 19.3. The van der Waals surface area contributed by atoms with E-state index in [1.807, 2.05) is 6.92 Å². The highest BCUT2D eigenvalue weighted by Gasteiger charge is 2.21. The maximum atomic E-state index is 13.6. The van der Waals surface area contributed by atoms with Crippen LogP contribution in [0.2, 0.25) is 0 Å². The summed E-state index contributed by atoms with van der Waals surface area (Å²) in [6, 6.07) is 2.84. The lowest BCUT2D eigenvalue weighted by atomic mass is 10.3. The maximum Gasteiger partial charge on any atom is 0.237 e. The van der Waals surface area contributed by atoms with Gasteiger partial charge in [-0.25, -0.2) is 8.78 Å². The number of benzene rings is 1. The number of anilines is 1. The van der Waals surface area contributed by atoms with Gasteiger partial charge in [0.1, 0.15) is 17.5 Å². The van der Waals surface area contributed by atoms with Gasteiger partial charge in [-0.3, -0.25) is 9.59 Å². The molecule has 0 aliphatic rings. The Morgan fingerprint density at radius 2 is 2.08 bits per heavy atom. The number of carbonyl (C=O) groups excluding carboxylic acids is 2. The molecular weight excluding hydrogens is 364 g/mol. The lowest BCUT2D eigenvalue weighted by molar-refractivity contribution is -0.118. The fourth-order valence-electron chi connectivity index (χ4n) is 2.18. The highest BCUT2D eigenvalue weighted by molar-refractivity contribution is 8.00. The predicted octanol–water partition coefficient (Wildman–Crippen LogP) is 2.11. The number of amides is 2. The summed E-state index contributed by atoms with van der Waals surface area (Å²) in [4.78, 5) is 23.2. The van der Waals surface area contributed by atoms with E-state index in [4.69, 9.17) is 5.73 Å². The van der Waals surface area contributed by atoms with Crippen LogP contribution < -0.4 is 11.1 Å². The van der Waals surface area contributed by atoms with Crippen molar-refractivity contribution >= 4 is 29.3 Å². The number of hydrogen-bond donors (Lipinski definition) is 2. The highest BCUT2D eigenvalue weighted by atomic mass is 32.2. The molecule has 0 saturated heterocycles. The maximum absolute atomic E-state index is 13.6.